The smallest absolute Gasteiger partial charge is 0.0829 e. The maximum Gasteiger partial charge on any atom is 0.0829 e. The topological polar surface area (TPSA) is 29.5 Å². The molecule has 0 fully saturated rings. The van der Waals surface area contributed by atoms with Crippen LogP contribution >= 0.6 is 0 Å². The Morgan fingerprint density at radius 3 is 2.50 bits per heavy atom. The highest BCUT2D eigenvalue weighted by molar-refractivity contribution is 5.30. The molecule has 0 amide bonds. The Bertz CT molecular complexity index is 338. The fourth-order valence-corrected chi connectivity index (χ4v) is 1.80. The molecule has 0 spiro atoms. The first-order valence-corrected chi connectivity index (χ1v) is 5.42. The standard InChI is InChI=1S/C10H12O.C4H6O/c11-10-7-3-5-8-4-1-2-6-9(8)10;1-3-5-4-2/h1-2,4,6,10-11H,3,5,7H2;3-4H,1-2H2. The van der Waals surface area contributed by atoms with Crippen LogP contribution in [0.2, 0.25) is 0 Å². The van der Waals surface area contributed by atoms with Crippen LogP contribution in [0.1, 0.15) is 30.1 Å². The van der Waals surface area contributed by atoms with E-state index in [2.05, 4.69) is 24.0 Å². The summed E-state index contributed by atoms with van der Waals surface area (Å²) in [5.41, 5.74) is 2.46. The van der Waals surface area contributed by atoms with Crippen molar-refractivity contribution in [1.82, 2.24) is 0 Å². The maximum absolute atomic E-state index is 9.56. The summed E-state index contributed by atoms with van der Waals surface area (Å²) in [6, 6.07) is 8.17. The Kier molecular flexibility index (Phi) is 5.37. The summed E-state index contributed by atoms with van der Waals surface area (Å²) < 4.78 is 4.36. The third kappa shape index (κ3) is 3.55. The third-order valence-electron chi connectivity index (χ3n) is 2.53. The number of fused-ring (bicyclic) bond motifs is 1. The van der Waals surface area contributed by atoms with Gasteiger partial charge >= 0.3 is 0 Å². The van der Waals surface area contributed by atoms with Crippen molar-refractivity contribution in [3.8, 4) is 0 Å². The Labute approximate surface area is 96.9 Å². The van der Waals surface area contributed by atoms with Gasteiger partial charge in [0.15, 0.2) is 0 Å². The van der Waals surface area contributed by atoms with Crippen LogP contribution in [-0.2, 0) is 11.2 Å². The Hall–Kier alpha value is -1.54. The predicted octanol–water partition coefficient (Wildman–Crippen LogP) is 3.35. The van der Waals surface area contributed by atoms with E-state index in [9.17, 15) is 5.11 Å². The highest BCUT2D eigenvalue weighted by Crippen LogP contribution is 2.28. The van der Waals surface area contributed by atoms with Crippen molar-refractivity contribution in [2.75, 3.05) is 0 Å². The molecule has 0 radical (unpaired) electrons. The zero-order valence-corrected chi connectivity index (χ0v) is 9.43. The molecule has 86 valence electrons. The first kappa shape index (κ1) is 12.5. The Balaban J connectivity index is 0.000000221. The summed E-state index contributed by atoms with van der Waals surface area (Å²) in [4.78, 5) is 0. The summed E-state index contributed by atoms with van der Waals surface area (Å²) in [5.74, 6) is 0. The lowest BCUT2D eigenvalue weighted by atomic mass is 9.90. The van der Waals surface area contributed by atoms with E-state index < -0.39 is 0 Å². The van der Waals surface area contributed by atoms with Gasteiger partial charge in [0.2, 0.25) is 0 Å². The van der Waals surface area contributed by atoms with Gasteiger partial charge in [0.25, 0.3) is 0 Å². The molecule has 1 atom stereocenters. The number of ether oxygens (including phenoxy) is 1. The molecule has 0 saturated carbocycles. The van der Waals surface area contributed by atoms with Crippen molar-refractivity contribution in [2.24, 2.45) is 0 Å². The second-order valence-electron chi connectivity index (χ2n) is 3.58. The number of hydrogen-bond acceptors (Lipinski definition) is 2. The molecule has 16 heavy (non-hydrogen) atoms. The van der Waals surface area contributed by atoms with Crippen LogP contribution in [0, 0.1) is 0 Å². The molecular formula is C14H18O2. The zero-order chi connectivity index (χ0) is 11.8. The van der Waals surface area contributed by atoms with E-state index in [0.29, 0.717) is 0 Å². The molecule has 2 nitrogen and oxygen atoms in total. The van der Waals surface area contributed by atoms with Crippen molar-refractivity contribution in [1.29, 1.82) is 0 Å². The van der Waals surface area contributed by atoms with E-state index in [1.807, 2.05) is 18.2 Å². The van der Waals surface area contributed by atoms with Gasteiger partial charge in [-0.1, -0.05) is 37.4 Å². The summed E-state index contributed by atoms with van der Waals surface area (Å²) in [5, 5.41) is 9.56. The highest BCUT2D eigenvalue weighted by Gasteiger charge is 2.15. The van der Waals surface area contributed by atoms with Crippen molar-refractivity contribution in [3.05, 3.63) is 61.1 Å². The minimum absolute atomic E-state index is 0.208. The number of rotatable bonds is 2. The highest BCUT2D eigenvalue weighted by atomic mass is 16.5. The minimum Gasteiger partial charge on any atom is -0.474 e. The molecule has 2 heteroatoms. The molecule has 2 rings (SSSR count). The molecular weight excluding hydrogens is 200 g/mol. The van der Waals surface area contributed by atoms with Crippen LogP contribution in [0.25, 0.3) is 0 Å². The average Bonchev–Trinajstić information content (AvgIpc) is 2.32. The number of aliphatic hydroxyl groups is 1. The third-order valence-corrected chi connectivity index (χ3v) is 2.53. The van der Waals surface area contributed by atoms with Gasteiger partial charge in [0, 0.05) is 0 Å². The Morgan fingerprint density at radius 2 is 1.94 bits per heavy atom. The molecule has 1 unspecified atom stereocenters. The predicted molar refractivity (Wildman–Crippen MR) is 65.8 cm³/mol. The average molecular weight is 218 g/mol. The molecule has 0 aromatic heterocycles. The Morgan fingerprint density at radius 1 is 1.25 bits per heavy atom. The van der Waals surface area contributed by atoms with Gasteiger partial charge in [-0.2, -0.15) is 0 Å². The molecule has 1 aliphatic carbocycles. The maximum atomic E-state index is 9.56. The van der Waals surface area contributed by atoms with Gasteiger partial charge in [-0.05, 0) is 30.4 Å². The van der Waals surface area contributed by atoms with Crippen molar-refractivity contribution in [3.63, 3.8) is 0 Å². The first-order valence-electron chi connectivity index (χ1n) is 5.42. The molecule has 1 aliphatic rings. The van der Waals surface area contributed by atoms with Gasteiger partial charge < -0.3 is 9.84 Å². The monoisotopic (exact) mass is 218 g/mol. The number of benzene rings is 1. The lowest BCUT2D eigenvalue weighted by Crippen LogP contribution is -2.08. The fraction of sp³-hybridized carbons (Fsp3) is 0.286. The first-order chi connectivity index (χ1) is 7.79. The molecule has 1 N–H and O–H groups in total. The van der Waals surface area contributed by atoms with E-state index in [4.69, 9.17) is 0 Å². The van der Waals surface area contributed by atoms with E-state index >= 15 is 0 Å². The SMILES string of the molecule is C=COC=C.OC1CCCc2ccccc21. The lowest BCUT2D eigenvalue weighted by molar-refractivity contribution is 0.156. The summed E-state index contributed by atoms with van der Waals surface area (Å²) in [6.07, 6.45) is 5.60. The fourth-order valence-electron chi connectivity index (χ4n) is 1.80. The second kappa shape index (κ2) is 6.85. The van der Waals surface area contributed by atoms with Crippen LogP contribution < -0.4 is 0 Å². The molecule has 0 saturated heterocycles. The lowest BCUT2D eigenvalue weighted by Gasteiger charge is -2.20. The zero-order valence-electron chi connectivity index (χ0n) is 9.43. The van der Waals surface area contributed by atoms with Crippen molar-refractivity contribution in [2.45, 2.75) is 25.4 Å². The number of aliphatic hydroxyl groups excluding tert-OH is 1. The summed E-state index contributed by atoms with van der Waals surface area (Å²) in [6.45, 7) is 6.51. The van der Waals surface area contributed by atoms with Gasteiger partial charge in [0.05, 0.1) is 18.6 Å². The number of hydrogen-bond donors (Lipinski definition) is 1. The van der Waals surface area contributed by atoms with Crippen LogP contribution in [0.4, 0.5) is 0 Å². The largest absolute Gasteiger partial charge is 0.474 e. The minimum atomic E-state index is -0.208. The van der Waals surface area contributed by atoms with E-state index in [-0.39, 0.29) is 6.10 Å². The summed E-state index contributed by atoms with van der Waals surface area (Å²) >= 11 is 0. The quantitative estimate of drug-likeness (QED) is 0.771. The molecule has 1 aromatic rings. The van der Waals surface area contributed by atoms with Crippen molar-refractivity contribution >= 4 is 0 Å². The molecule has 0 aliphatic heterocycles. The van der Waals surface area contributed by atoms with Crippen molar-refractivity contribution < 1.29 is 9.84 Å². The van der Waals surface area contributed by atoms with Gasteiger partial charge in [-0.15, -0.1) is 0 Å². The number of aryl methyl sites for hydroxylation is 1. The molecule has 1 aromatic carbocycles. The van der Waals surface area contributed by atoms with Crippen LogP contribution in [0.15, 0.2) is 49.9 Å². The molecule has 0 bridgehead atoms. The van der Waals surface area contributed by atoms with E-state index in [1.54, 1.807) is 0 Å². The van der Waals surface area contributed by atoms with E-state index in [0.717, 1.165) is 24.8 Å². The normalized spacial score (nSPS) is 17.4. The molecule has 0 heterocycles. The van der Waals surface area contributed by atoms with E-state index in [1.165, 1.54) is 18.1 Å². The van der Waals surface area contributed by atoms with Crippen LogP contribution in [0.3, 0.4) is 0 Å². The van der Waals surface area contributed by atoms with Gasteiger partial charge in [0.1, 0.15) is 0 Å². The van der Waals surface area contributed by atoms with Gasteiger partial charge in [-0.25, -0.2) is 0 Å². The van der Waals surface area contributed by atoms with Gasteiger partial charge in [-0.3, -0.25) is 0 Å². The van der Waals surface area contributed by atoms with Crippen LogP contribution in [-0.4, -0.2) is 5.11 Å². The summed E-state index contributed by atoms with van der Waals surface area (Å²) in [7, 11) is 0. The second-order valence-corrected chi connectivity index (χ2v) is 3.58. The van der Waals surface area contributed by atoms with Crippen LogP contribution in [0.5, 0.6) is 0 Å².